The fourth-order valence-corrected chi connectivity index (χ4v) is 1.86. The summed E-state index contributed by atoms with van der Waals surface area (Å²) in [6.07, 6.45) is 3.94. The second-order valence-electron chi connectivity index (χ2n) is 4.07. The highest BCUT2D eigenvalue weighted by atomic mass is 15.0. The maximum atomic E-state index is 4.31. The summed E-state index contributed by atoms with van der Waals surface area (Å²) in [4.78, 5) is 8.55. The van der Waals surface area contributed by atoms with Crippen molar-refractivity contribution in [3.8, 4) is 0 Å². The Morgan fingerprint density at radius 1 is 1.25 bits per heavy atom. The second kappa shape index (κ2) is 4.92. The summed E-state index contributed by atoms with van der Waals surface area (Å²) in [5.74, 6) is 0.937. The fourth-order valence-electron chi connectivity index (χ4n) is 1.86. The molecule has 0 aliphatic carbocycles. The van der Waals surface area contributed by atoms with Gasteiger partial charge in [-0.15, -0.1) is 0 Å². The molecule has 0 aliphatic rings. The molecule has 3 heteroatoms. The second-order valence-corrected chi connectivity index (χ2v) is 4.07. The van der Waals surface area contributed by atoms with Crippen LogP contribution in [0.3, 0.4) is 0 Å². The highest BCUT2D eigenvalue weighted by Gasteiger charge is 2.05. The van der Waals surface area contributed by atoms with E-state index < -0.39 is 0 Å². The van der Waals surface area contributed by atoms with E-state index in [1.807, 2.05) is 18.2 Å². The number of anilines is 1. The van der Waals surface area contributed by atoms with Gasteiger partial charge in [0.25, 0.3) is 0 Å². The molecule has 3 nitrogen and oxygen atoms in total. The van der Waals surface area contributed by atoms with E-state index in [-0.39, 0.29) is 0 Å². The molecule has 0 saturated heterocycles. The molecule has 1 heterocycles. The molecule has 0 amide bonds. The van der Waals surface area contributed by atoms with Crippen molar-refractivity contribution in [3.63, 3.8) is 0 Å². The molecule has 0 radical (unpaired) electrons. The summed E-state index contributed by atoms with van der Waals surface area (Å²) >= 11 is 0. The summed E-state index contributed by atoms with van der Waals surface area (Å²) in [5, 5.41) is 4.53. The molecule has 0 saturated carbocycles. The van der Waals surface area contributed by atoms with Crippen LogP contribution in [0.5, 0.6) is 0 Å². The minimum Gasteiger partial charge on any atom is -0.367 e. The van der Waals surface area contributed by atoms with Crippen LogP contribution >= 0.6 is 0 Å². The predicted octanol–water partition coefficient (Wildman–Crippen LogP) is 3.23. The Hall–Kier alpha value is -1.64. The summed E-state index contributed by atoms with van der Waals surface area (Å²) in [5.41, 5.74) is 0.990. The first-order valence-electron chi connectivity index (χ1n) is 5.77. The van der Waals surface area contributed by atoms with Gasteiger partial charge in [-0.2, -0.15) is 0 Å². The highest BCUT2D eigenvalue weighted by Crippen LogP contribution is 2.19. The van der Waals surface area contributed by atoms with Crippen molar-refractivity contribution in [2.75, 3.05) is 5.32 Å². The summed E-state index contributed by atoms with van der Waals surface area (Å²) < 4.78 is 0. The first-order valence-corrected chi connectivity index (χ1v) is 5.77. The molecule has 0 bridgehead atoms. The molecule has 2 rings (SSSR count). The SMILES string of the molecule is CCCC(C)Nc1ncnc2ccccc12. The molecule has 16 heavy (non-hydrogen) atoms. The lowest BCUT2D eigenvalue weighted by Crippen LogP contribution is -2.15. The molecule has 0 aliphatic heterocycles. The molecule has 0 fully saturated rings. The third-order valence-corrected chi connectivity index (χ3v) is 2.65. The van der Waals surface area contributed by atoms with Crippen LogP contribution in [0.4, 0.5) is 5.82 Å². The summed E-state index contributed by atoms with van der Waals surface area (Å²) in [6, 6.07) is 8.52. The van der Waals surface area contributed by atoms with Crippen molar-refractivity contribution in [3.05, 3.63) is 30.6 Å². The van der Waals surface area contributed by atoms with Gasteiger partial charge in [0, 0.05) is 11.4 Å². The zero-order valence-electron chi connectivity index (χ0n) is 9.77. The third-order valence-electron chi connectivity index (χ3n) is 2.65. The number of benzene rings is 1. The number of para-hydroxylation sites is 1. The smallest absolute Gasteiger partial charge is 0.137 e. The van der Waals surface area contributed by atoms with Crippen molar-refractivity contribution < 1.29 is 0 Å². The topological polar surface area (TPSA) is 37.8 Å². The zero-order valence-corrected chi connectivity index (χ0v) is 9.77. The summed E-state index contributed by atoms with van der Waals surface area (Å²) in [6.45, 7) is 4.37. The molecule has 1 atom stereocenters. The average molecular weight is 215 g/mol. The van der Waals surface area contributed by atoms with Crippen LogP contribution in [0, 0.1) is 0 Å². The monoisotopic (exact) mass is 215 g/mol. The van der Waals surface area contributed by atoms with E-state index in [1.54, 1.807) is 6.33 Å². The average Bonchev–Trinajstić information content (AvgIpc) is 2.30. The number of nitrogens with zero attached hydrogens (tertiary/aromatic N) is 2. The largest absolute Gasteiger partial charge is 0.367 e. The van der Waals surface area contributed by atoms with Crippen molar-refractivity contribution >= 4 is 16.7 Å². The molecule has 1 unspecified atom stereocenters. The van der Waals surface area contributed by atoms with Gasteiger partial charge in [-0.05, 0) is 25.5 Å². The van der Waals surface area contributed by atoms with Crippen LogP contribution in [0.15, 0.2) is 30.6 Å². The van der Waals surface area contributed by atoms with E-state index in [2.05, 4.69) is 35.2 Å². The number of nitrogens with one attached hydrogen (secondary N) is 1. The van der Waals surface area contributed by atoms with Crippen molar-refractivity contribution in [2.45, 2.75) is 32.7 Å². The van der Waals surface area contributed by atoms with E-state index in [4.69, 9.17) is 0 Å². The van der Waals surface area contributed by atoms with Gasteiger partial charge < -0.3 is 5.32 Å². The first kappa shape index (κ1) is 10.9. The van der Waals surface area contributed by atoms with Crippen LogP contribution in [-0.2, 0) is 0 Å². The minimum absolute atomic E-state index is 0.448. The van der Waals surface area contributed by atoms with Crippen molar-refractivity contribution in [1.82, 2.24) is 9.97 Å². The molecule has 2 aromatic rings. The van der Waals surface area contributed by atoms with Gasteiger partial charge in [-0.3, -0.25) is 0 Å². The third kappa shape index (κ3) is 2.30. The number of aromatic nitrogens is 2. The molecule has 1 N–H and O–H groups in total. The van der Waals surface area contributed by atoms with Crippen molar-refractivity contribution in [2.24, 2.45) is 0 Å². The Balaban J connectivity index is 2.30. The van der Waals surface area contributed by atoms with Gasteiger partial charge in [-0.1, -0.05) is 25.5 Å². The molecule has 1 aromatic carbocycles. The maximum absolute atomic E-state index is 4.31. The van der Waals surface area contributed by atoms with Gasteiger partial charge in [0.05, 0.1) is 5.52 Å². The minimum atomic E-state index is 0.448. The van der Waals surface area contributed by atoms with Gasteiger partial charge in [-0.25, -0.2) is 9.97 Å². The molecular formula is C13H17N3. The Kier molecular flexibility index (Phi) is 3.34. The highest BCUT2D eigenvalue weighted by molar-refractivity contribution is 5.88. The van der Waals surface area contributed by atoms with Crippen LogP contribution < -0.4 is 5.32 Å². The van der Waals surface area contributed by atoms with Crippen LogP contribution in [-0.4, -0.2) is 16.0 Å². The molecule has 0 spiro atoms. The van der Waals surface area contributed by atoms with Crippen LogP contribution in [0.1, 0.15) is 26.7 Å². The number of hydrogen-bond acceptors (Lipinski definition) is 3. The number of rotatable bonds is 4. The fraction of sp³-hybridized carbons (Fsp3) is 0.385. The van der Waals surface area contributed by atoms with Gasteiger partial charge >= 0.3 is 0 Å². The van der Waals surface area contributed by atoms with Gasteiger partial charge in [0.1, 0.15) is 12.1 Å². The summed E-state index contributed by atoms with van der Waals surface area (Å²) in [7, 11) is 0. The maximum Gasteiger partial charge on any atom is 0.137 e. The van der Waals surface area contributed by atoms with Crippen LogP contribution in [0.25, 0.3) is 10.9 Å². The quantitative estimate of drug-likeness (QED) is 0.850. The van der Waals surface area contributed by atoms with Gasteiger partial charge in [0.15, 0.2) is 0 Å². The van der Waals surface area contributed by atoms with Gasteiger partial charge in [0.2, 0.25) is 0 Å². The zero-order chi connectivity index (χ0) is 11.4. The van der Waals surface area contributed by atoms with E-state index in [9.17, 15) is 0 Å². The van der Waals surface area contributed by atoms with E-state index in [1.165, 1.54) is 6.42 Å². The van der Waals surface area contributed by atoms with E-state index in [0.717, 1.165) is 23.1 Å². The predicted molar refractivity (Wildman–Crippen MR) is 67.5 cm³/mol. The lowest BCUT2D eigenvalue weighted by molar-refractivity contribution is 0.688. The Labute approximate surface area is 95.9 Å². The van der Waals surface area contributed by atoms with E-state index >= 15 is 0 Å². The van der Waals surface area contributed by atoms with Crippen molar-refractivity contribution in [1.29, 1.82) is 0 Å². The Morgan fingerprint density at radius 3 is 2.88 bits per heavy atom. The number of fused-ring (bicyclic) bond motifs is 1. The standard InChI is InChI=1S/C13H17N3/c1-3-6-10(2)16-13-11-7-4-5-8-12(11)14-9-15-13/h4-5,7-10H,3,6H2,1-2H3,(H,14,15,16). The first-order chi connectivity index (χ1) is 7.81. The molecular weight excluding hydrogens is 198 g/mol. The Morgan fingerprint density at radius 2 is 2.06 bits per heavy atom. The lowest BCUT2D eigenvalue weighted by Gasteiger charge is -2.14. The molecule has 84 valence electrons. The molecule has 1 aromatic heterocycles. The number of hydrogen-bond donors (Lipinski definition) is 1. The normalized spacial score (nSPS) is 12.6. The Bertz CT molecular complexity index is 462. The lowest BCUT2D eigenvalue weighted by atomic mass is 10.2. The van der Waals surface area contributed by atoms with Crippen LogP contribution in [0.2, 0.25) is 0 Å². The van der Waals surface area contributed by atoms with E-state index in [0.29, 0.717) is 6.04 Å².